The summed E-state index contributed by atoms with van der Waals surface area (Å²) in [7, 11) is 0. The van der Waals surface area contributed by atoms with Gasteiger partial charge in [-0.25, -0.2) is 4.98 Å². The Labute approximate surface area is 162 Å². The van der Waals surface area contributed by atoms with E-state index in [1.165, 1.54) is 5.56 Å². The Balaban J connectivity index is 1.75. The van der Waals surface area contributed by atoms with Crippen molar-refractivity contribution >= 4 is 22.4 Å². The maximum Gasteiger partial charge on any atom is 0.260 e. The largest absolute Gasteiger partial charge is 0.269 e. The van der Waals surface area contributed by atoms with Crippen LogP contribution in [0.25, 0.3) is 16.0 Å². The maximum atomic E-state index is 13.3. The molecule has 4 heterocycles. The Kier molecular flexibility index (Phi) is 4.86. The number of aryl methyl sites for hydroxylation is 4. The SMILES string of the molecule is Cc1ccc2cc(CCCc3ccncc3)c(=O)n(-c3sccc3C)c2n1. The van der Waals surface area contributed by atoms with E-state index in [4.69, 9.17) is 0 Å². The molecule has 0 saturated carbocycles. The second-order valence-corrected chi connectivity index (χ2v) is 7.69. The highest BCUT2D eigenvalue weighted by atomic mass is 32.1. The van der Waals surface area contributed by atoms with Gasteiger partial charge in [-0.1, -0.05) is 0 Å². The molecule has 27 heavy (non-hydrogen) atoms. The van der Waals surface area contributed by atoms with Gasteiger partial charge in [0.15, 0.2) is 0 Å². The Morgan fingerprint density at radius 3 is 2.59 bits per heavy atom. The standard InChI is InChI=1S/C22H21N3OS/c1-15-10-13-27-22(15)25-20-18(7-6-16(2)24-20)14-19(21(25)26)5-3-4-17-8-11-23-12-9-17/h6-14H,3-5H2,1-2H3. The lowest BCUT2D eigenvalue weighted by atomic mass is 10.0. The lowest BCUT2D eigenvalue weighted by molar-refractivity contribution is 0.803. The molecular weight excluding hydrogens is 354 g/mol. The van der Waals surface area contributed by atoms with E-state index < -0.39 is 0 Å². The van der Waals surface area contributed by atoms with E-state index in [0.717, 1.165) is 52.1 Å². The minimum absolute atomic E-state index is 0.0425. The van der Waals surface area contributed by atoms with Crippen molar-refractivity contribution in [3.05, 3.63) is 86.9 Å². The fourth-order valence-electron chi connectivity index (χ4n) is 3.33. The number of hydrogen-bond donors (Lipinski definition) is 0. The monoisotopic (exact) mass is 375 g/mol. The van der Waals surface area contributed by atoms with Gasteiger partial charge in [-0.2, -0.15) is 0 Å². The van der Waals surface area contributed by atoms with Gasteiger partial charge in [0.2, 0.25) is 0 Å². The van der Waals surface area contributed by atoms with Gasteiger partial charge < -0.3 is 0 Å². The molecule has 0 saturated heterocycles. The van der Waals surface area contributed by atoms with Crippen molar-refractivity contribution in [2.24, 2.45) is 0 Å². The highest BCUT2D eigenvalue weighted by Crippen LogP contribution is 2.24. The van der Waals surface area contributed by atoms with Gasteiger partial charge >= 0.3 is 0 Å². The van der Waals surface area contributed by atoms with Crippen molar-refractivity contribution in [1.82, 2.24) is 14.5 Å². The first-order chi connectivity index (χ1) is 13.1. The molecule has 136 valence electrons. The van der Waals surface area contributed by atoms with Crippen molar-refractivity contribution in [3.63, 3.8) is 0 Å². The van der Waals surface area contributed by atoms with Crippen LogP contribution in [0.1, 0.15) is 28.8 Å². The van der Waals surface area contributed by atoms with Crippen LogP contribution in [0.5, 0.6) is 0 Å². The predicted octanol–water partition coefficient (Wildman–Crippen LogP) is 4.63. The van der Waals surface area contributed by atoms with Crippen LogP contribution in [-0.4, -0.2) is 14.5 Å². The summed E-state index contributed by atoms with van der Waals surface area (Å²) >= 11 is 1.58. The summed E-state index contributed by atoms with van der Waals surface area (Å²) in [4.78, 5) is 22.0. The van der Waals surface area contributed by atoms with E-state index in [9.17, 15) is 4.79 Å². The summed E-state index contributed by atoms with van der Waals surface area (Å²) in [6, 6.07) is 12.2. The highest BCUT2D eigenvalue weighted by molar-refractivity contribution is 7.12. The molecule has 5 heteroatoms. The molecule has 0 fully saturated rings. The topological polar surface area (TPSA) is 47.8 Å². The van der Waals surface area contributed by atoms with E-state index >= 15 is 0 Å². The summed E-state index contributed by atoms with van der Waals surface area (Å²) in [5.74, 6) is 0. The number of hydrogen-bond acceptors (Lipinski definition) is 4. The van der Waals surface area contributed by atoms with Crippen LogP contribution in [0, 0.1) is 13.8 Å². The second-order valence-electron chi connectivity index (χ2n) is 6.79. The average molecular weight is 375 g/mol. The molecule has 4 aromatic rings. The van der Waals surface area contributed by atoms with Gasteiger partial charge in [-0.15, -0.1) is 11.3 Å². The molecular formula is C22H21N3OS. The molecule has 0 amide bonds. The number of pyridine rings is 3. The molecule has 0 radical (unpaired) electrons. The van der Waals surface area contributed by atoms with Crippen LogP contribution in [0.3, 0.4) is 0 Å². The zero-order valence-electron chi connectivity index (χ0n) is 15.5. The van der Waals surface area contributed by atoms with Crippen molar-refractivity contribution in [3.8, 4) is 5.00 Å². The van der Waals surface area contributed by atoms with E-state index in [2.05, 4.69) is 16.0 Å². The highest BCUT2D eigenvalue weighted by Gasteiger charge is 2.14. The minimum atomic E-state index is 0.0425. The minimum Gasteiger partial charge on any atom is -0.269 e. The summed E-state index contributed by atoms with van der Waals surface area (Å²) in [5, 5.41) is 3.99. The molecule has 0 aromatic carbocycles. The van der Waals surface area contributed by atoms with Crippen LogP contribution in [-0.2, 0) is 12.8 Å². The number of thiophene rings is 1. The Hall–Kier alpha value is -2.79. The number of fused-ring (bicyclic) bond motifs is 1. The fourth-order valence-corrected chi connectivity index (χ4v) is 4.26. The molecule has 4 aromatic heterocycles. The molecule has 0 spiro atoms. The zero-order chi connectivity index (χ0) is 18.8. The molecule has 0 unspecified atom stereocenters. The Morgan fingerprint density at radius 1 is 1.04 bits per heavy atom. The number of nitrogens with zero attached hydrogens (tertiary/aromatic N) is 3. The summed E-state index contributed by atoms with van der Waals surface area (Å²) in [5.41, 5.74) is 4.88. The Bertz CT molecular complexity index is 1150. The second kappa shape index (κ2) is 7.45. The van der Waals surface area contributed by atoms with Gasteiger partial charge in [0.25, 0.3) is 5.56 Å². The summed E-state index contributed by atoms with van der Waals surface area (Å²) in [6.45, 7) is 3.99. The molecule has 4 nitrogen and oxygen atoms in total. The molecule has 0 aliphatic rings. The van der Waals surface area contributed by atoms with Gasteiger partial charge in [-0.3, -0.25) is 14.3 Å². The molecule has 0 aliphatic heterocycles. The first-order valence-corrected chi connectivity index (χ1v) is 9.97. The van der Waals surface area contributed by atoms with Crippen LogP contribution in [0.4, 0.5) is 0 Å². The lowest BCUT2D eigenvalue weighted by Gasteiger charge is -2.12. The van der Waals surface area contributed by atoms with Gasteiger partial charge in [0, 0.05) is 29.0 Å². The first kappa shape index (κ1) is 17.6. The average Bonchev–Trinajstić information content (AvgIpc) is 3.09. The third kappa shape index (κ3) is 3.55. The molecule has 0 atom stereocenters. The fraction of sp³-hybridized carbons (Fsp3) is 0.227. The van der Waals surface area contributed by atoms with Crippen molar-refractivity contribution in [2.45, 2.75) is 33.1 Å². The van der Waals surface area contributed by atoms with Crippen LogP contribution < -0.4 is 5.56 Å². The van der Waals surface area contributed by atoms with E-state index in [-0.39, 0.29) is 5.56 Å². The van der Waals surface area contributed by atoms with E-state index in [0.29, 0.717) is 0 Å². The predicted molar refractivity (Wildman–Crippen MR) is 111 cm³/mol. The summed E-state index contributed by atoms with van der Waals surface area (Å²) in [6.07, 6.45) is 6.23. The van der Waals surface area contributed by atoms with Crippen molar-refractivity contribution < 1.29 is 0 Å². The van der Waals surface area contributed by atoms with Crippen molar-refractivity contribution in [1.29, 1.82) is 0 Å². The number of aromatic nitrogens is 3. The molecule has 0 bridgehead atoms. The van der Waals surface area contributed by atoms with E-state index in [1.54, 1.807) is 15.9 Å². The Morgan fingerprint density at radius 2 is 1.85 bits per heavy atom. The molecule has 4 rings (SSSR count). The van der Waals surface area contributed by atoms with Gasteiger partial charge in [0.1, 0.15) is 10.6 Å². The zero-order valence-corrected chi connectivity index (χ0v) is 16.3. The molecule has 0 aliphatic carbocycles. The number of rotatable bonds is 5. The third-order valence-corrected chi connectivity index (χ3v) is 5.76. The lowest BCUT2D eigenvalue weighted by Crippen LogP contribution is -2.23. The maximum absolute atomic E-state index is 13.3. The normalized spacial score (nSPS) is 11.2. The van der Waals surface area contributed by atoms with Crippen molar-refractivity contribution in [2.75, 3.05) is 0 Å². The quantitative estimate of drug-likeness (QED) is 0.511. The third-order valence-electron chi connectivity index (χ3n) is 4.76. The van der Waals surface area contributed by atoms with Crippen LogP contribution in [0.2, 0.25) is 0 Å². The first-order valence-electron chi connectivity index (χ1n) is 9.09. The summed E-state index contributed by atoms with van der Waals surface area (Å²) < 4.78 is 1.80. The van der Waals surface area contributed by atoms with Gasteiger partial charge in [-0.05, 0) is 86.0 Å². The smallest absolute Gasteiger partial charge is 0.260 e. The molecule has 0 N–H and O–H groups in total. The van der Waals surface area contributed by atoms with Gasteiger partial charge in [0.05, 0.1) is 0 Å². The van der Waals surface area contributed by atoms with E-state index in [1.807, 2.05) is 62.0 Å². The van der Waals surface area contributed by atoms with Crippen LogP contribution in [0.15, 0.2) is 59.0 Å². The van der Waals surface area contributed by atoms with Crippen LogP contribution >= 0.6 is 11.3 Å².